The molecule has 4 heterocycles. The fourth-order valence-corrected chi connectivity index (χ4v) is 3.44. The predicted octanol–water partition coefficient (Wildman–Crippen LogP) is 0.911. The average molecular weight is 381 g/mol. The van der Waals surface area contributed by atoms with Crippen LogP contribution >= 0.6 is 0 Å². The molecule has 0 aliphatic carbocycles. The zero-order valence-corrected chi connectivity index (χ0v) is 15.7. The van der Waals surface area contributed by atoms with Gasteiger partial charge < -0.3 is 19.4 Å². The van der Waals surface area contributed by atoms with E-state index in [-0.39, 0.29) is 11.8 Å². The Bertz CT molecular complexity index is 831. The summed E-state index contributed by atoms with van der Waals surface area (Å²) in [6.45, 7) is 4.79. The largest absolute Gasteiger partial charge is 0.378 e. The second-order valence-corrected chi connectivity index (χ2v) is 6.78. The fraction of sp³-hybridized carbons (Fsp3) is 0.400. The Morgan fingerprint density at radius 2 is 1.43 bits per heavy atom. The van der Waals surface area contributed by atoms with Crippen molar-refractivity contribution in [2.24, 2.45) is 0 Å². The third-order valence-electron chi connectivity index (χ3n) is 5.03. The summed E-state index contributed by atoms with van der Waals surface area (Å²) < 4.78 is 5.28. The Hall–Kier alpha value is -3.00. The third-order valence-corrected chi connectivity index (χ3v) is 5.03. The van der Waals surface area contributed by atoms with Crippen molar-refractivity contribution in [1.82, 2.24) is 19.8 Å². The minimum Gasteiger partial charge on any atom is -0.378 e. The van der Waals surface area contributed by atoms with Gasteiger partial charge >= 0.3 is 0 Å². The number of pyridine rings is 2. The molecular weight excluding hydrogens is 358 g/mol. The molecule has 2 aromatic heterocycles. The SMILES string of the molecule is O=C(c1cccc(C(=O)N2CCN(c3ccccn3)CC2)n1)N1CCOCC1. The van der Waals surface area contributed by atoms with Crippen LogP contribution in [0.4, 0.5) is 5.82 Å². The summed E-state index contributed by atoms with van der Waals surface area (Å²) in [7, 11) is 0. The van der Waals surface area contributed by atoms with Gasteiger partial charge in [-0.3, -0.25) is 9.59 Å². The topological polar surface area (TPSA) is 78.9 Å². The number of carbonyl (C=O) groups is 2. The Morgan fingerprint density at radius 3 is 2.04 bits per heavy atom. The first-order valence-corrected chi connectivity index (χ1v) is 9.52. The zero-order chi connectivity index (χ0) is 19.3. The molecule has 8 nitrogen and oxygen atoms in total. The van der Waals surface area contributed by atoms with Crippen molar-refractivity contribution in [2.45, 2.75) is 0 Å². The average Bonchev–Trinajstić information content (AvgIpc) is 2.79. The minimum absolute atomic E-state index is 0.141. The number of carbonyl (C=O) groups excluding carboxylic acids is 2. The van der Waals surface area contributed by atoms with Crippen LogP contribution in [0, 0.1) is 0 Å². The quantitative estimate of drug-likeness (QED) is 0.787. The molecule has 2 aromatic rings. The molecule has 2 saturated heterocycles. The van der Waals surface area contributed by atoms with Gasteiger partial charge in [0.1, 0.15) is 17.2 Å². The minimum atomic E-state index is -0.155. The van der Waals surface area contributed by atoms with Crippen LogP contribution in [0.3, 0.4) is 0 Å². The van der Waals surface area contributed by atoms with Gasteiger partial charge in [0.25, 0.3) is 11.8 Å². The van der Waals surface area contributed by atoms with Gasteiger partial charge in [-0.25, -0.2) is 9.97 Å². The molecule has 0 aromatic carbocycles. The number of hydrogen-bond acceptors (Lipinski definition) is 6. The molecule has 2 aliphatic rings. The first kappa shape index (κ1) is 18.4. The van der Waals surface area contributed by atoms with Gasteiger partial charge in [-0.05, 0) is 24.3 Å². The standard InChI is InChI=1S/C20H23N5O3/c26-19(24-10-8-23(9-11-24)18-6-1-2-7-21-18)16-4-3-5-17(22-16)20(27)25-12-14-28-15-13-25/h1-7H,8-15H2. The van der Waals surface area contributed by atoms with Crippen molar-refractivity contribution in [1.29, 1.82) is 0 Å². The van der Waals surface area contributed by atoms with Gasteiger partial charge in [-0.1, -0.05) is 12.1 Å². The van der Waals surface area contributed by atoms with Crippen LogP contribution in [0.5, 0.6) is 0 Å². The number of piperazine rings is 1. The van der Waals surface area contributed by atoms with Gasteiger partial charge in [0.05, 0.1) is 13.2 Å². The monoisotopic (exact) mass is 381 g/mol. The van der Waals surface area contributed by atoms with Crippen molar-refractivity contribution in [3.05, 3.63) is 54.0 Å². The van der Waals surface area contributed by atoms with Gasteiger partial charge in [-0.15, -0.1) is 0 Å². The number of amides is 2. The maximum absolute atomic E-state index is 12.9. The molecule has 28 heavy (non-hydrogen) atoms. The zero-order valence-electron chi connectivity index (χ0n) is 15.7. The molecule has 4 rings (SSSR count). The molecule has 0 radical (unpaired) electrons. The van der Waals surface area contributed by atoms with E-state index in [1.807, 2.05) is 18.2 Å². The summed E-state index contributed by atoms with van der Waals surface area (Å²) >= 11 is 0. The summed E-state index contributed by atoms with van der Waals surface area (Å²) in [5.74, 6) is 0.626. The summed E-state index contributed by atoms with van der Waals surface area (Å²) in [5.41, 5.74) is 0.616. The fourth-order valence-electron chi connectivity index (χ4n) is 3.44. The van der Waals surface area contributed by atoms with Gasteiger partial charge in [0.15, 0.2) is 0 Å². The lowest BCUT2D eigenvalue weighted by atomic mass is 10.2. The first-order chi connectivity index (χ1) is 13.7. The number of aromatic nitrogens is 2. The molecule has 0 atom stereocenters. The van der Waals surface area contributed by atoms with E-state index in [0.29, 0.717) is 50.8 Å². The predicted molar refractivity (Wildman–Crippen MR) is 103 cm³/mol. The highest BCUT2D eigenvalue weighted by atomic mass is 16.5. The van der Waals surface area contributed by atoms with Gasteiger partial charge in [0.2, 0.25) is 0 Å². The second-order valence-electron chi connectivity index (χ2n) is 6.78. The van der Waals surface area contributed by atoms with Crippen LogP contribution in [0.2, 0.25) is 0 Å². The molecule has 2 aliphatic heterocycles. The maximum atomic E-state index is 12.9. The van der Waals surface area contributed by atoms with E-state index in [1.165, 1.54) is 0 Å². The van der Waals surface area contributed by atoms with Crippen molar-refractivity contribution in [3.63, 3.8) is 0 Å². The highest BCUT2D eigenvalue weighted by molar-refractivity contribution is 5.96. The van der Waals surface area contributed by atoms with Crippen LogP contribution in [0.1, 0.15) is 21.0 Å². The molecule has 8 heteroatoms. The van der Waals surface area contributed by atoms with E-state index in [1.54, 1.807) is 34.2 Å². The normalized spacial score (nSPS) is 17.5. The smallest absolute Gasteiger partial charge is 0.272 e. The van der Waals surface area contributed by atoms with Crippen LogP contribution < -0.4 is 4.90 Å². The number of hydrogen-bond donors (Lipinski definition) is 0. The lowest BCUT2D eigenvalue weighted by molar-refractivity contribution is 0.0299. The number of rotatable bonds is 3. The third kappa shape index (κ3) is 3.96. The molecule has 0 spiro atoms. The number of morpholine rings is 1. The second kappa shape index (κ2) is 8.35. The van der Waals surface area contributed by atoms with E-state index in [4.69, 9.17) is 4.74 Å². The molecule has 0 saturated carbocycles. The van der Waals surface area contributed by atoms with Gasteiger partial charge in [0, 0.05) is 45.5 Å². The van der Waals surface area contributed by atoms with Crippen LogP contribution in [-0.2, 0) is 4.74 Å². The van der Waals surface area contributed by atoms with E-state index in [2.05, 4.69) is 14.9 Å². The van der Waals surface area contributed by atoms with E-state index in [0.717, 1.165) is 18.9 Å². The number of nitrogens with zero attached hydrogens (tertiary/aromatic N) is 5. The van der Waals surface area contributed by atoms with Crippen LogP contribution in [0.25, 0.3) is 0 Å². The summed E-state index contributed by atoms with van der Waals surface area (Å²) in [5, 5.41) is 0. The van der Waals surface area contributed by atoms with Crippen molar-refractivity contribution in [3.8, 4) is 0 Å². The summed E-state index contributed by atoms with van der Waals surface area (Å²) in [6, 6.07) is 10.9. The molecule has 0 unspecified atom stereocenters. The number of ether oxygens (including phenoxy) is 1. The maximum Gasteiger partial charge on any atom is 0.272 e. The van der Waals surface area contributed by atoms with Crippen molar-refractivity contribution < 1.29 is 14.3 Å². The molecule has 0 N–H and O–H groups in total. The first-order valence-electron chi connectivity index (χ1n) is 9.52. The summed E-state index contributed by atoms with van der Waals surface area (Å²) in [4.78, 5) is 39.9. The molecule has 0 bridgehead atoms. The van der Waals surface area contributed by atoms with E-state index in [9.17, 15) is 9.59 Å². The highest BCUT2D eigenvalue weighted by Gasteiger charge is 2.25. The Labute approximate surface area is 163 Å². The Balaban J connectivity index is 1.40. The highest BCUT2D eigenvalue weighted by Crippen LogP contribution is 2.14. The van der Waals surface area contributed by atoms with E-state index >= 15 is 0 Å². The van der Waals surface area contributed by atoms with Crippen LogP contribution in [-0.4, -0.2) is 84.1 Å². The summed E-state index contributed by atoms with van der Waals surface area (Å²) in [6.07, 6.45) is 1.77. The van der Waals surface area contributed by atoms with Crippen LogP contribution in [0.15, 0.2) is 42.6 Å². The number of anilines is 1. The Morgan fingerprint density at radius 1 is 0.786 bits per heavy atom. The molecular formula is C20H23N5O3. The van der Waals surface area contributed by atoms with E-state index < -0.39 is 0 Å². The Kier molecular flexibility index (Phi) is 5.48. The molecule has 2 fully saturated rings. The lowest BCUT2D eigenvalue weighted by Crippen LogP contribution is -2.49. The lowest BCUT2D eigenvalue weighted by Gasteiger charge is -2.35. The molecule has 146 valence electrons. The van der Waals surface area contributed by atoms with Crippen molar-refractivity contribution >= 4 is 17.6 Å². The van der Waals surface area contributed by atoms with Gasteiger partial charge in [-0.2, -0.15) is 0 Å². The van der Waals surface area contributed by atoms with Crippen molar-refractivity contribution in [2.75, 3.05) is 57.4 Å². The molecule has 2 amide bonds.